The highest BCUT2D eigenvalue weighted by atomic mass is 79.9. The summed E-state index contributed by atoms with van der Waals surface area (Å²) in [4.78, 5) is 14.6. The van der Waals surface area contributed by atoms with Crippen LogP contribution < -0.4 is 10.6 Å². The lowest BCUT2D eigenvalue weighted by molar-refractivity contribution is -0.116. The summed E-state index contributed by atoms with van der Waals surface area (Å²) in [7, 11) is 0. The number of carbonyl (C=O) groups is 1. The summed E-state index contributed by atoms with van der Waals surface area (Å²) in [6.45, 7) is 0. The molecule has 6 nitrogen and oxygen atoms in total. The molecular formula is C19H15BrFN5OS2. The molecule has 1 aromatic heterocycles. The molecule has 1 aliphatic carbocycles. The van der Waals surface area contributed by atoms with Crippen molar-refractivity contribution in [1.82, 2.24) is 10.2 Å². The predicted octanol–water partition coefficient (Wildman–Crippen LogP) is 4.47. The van der Waals surface area contributed by atoms with Crippen molar-refractivity contribution in [3.05, 3.63) is 56.7 Å². The van der Waals surface area contributed by atoms with Crippen molar-refractivity contribution in [2.45, 2.75) is 29.5 Å². The van der Waals surface area contributed by atoms with E-state index in [1.165, 1.54) is 29.2 Å². The van der Waals surface area contributed by atoms with E-state index in [1.54, 1.807) is 17.0 Å². The fourth-order valence-electron chi connectivity index (χ4n) is 3.73. The van der Waals surface area contributed by atoms with Gasteiger partial charge in [-0.2, -0.15) is 5.26 Å². The Kier molecular flexibility index (Phi) is 5.46. The Labute approximate surface area is 183 Å². The minimum absolute atomic E-state index is 0.0987. The largest absolute Gasteiger partial charge is 0.384 e. The van der Waals surface area contributed by atoms with Crippen LogP contribution in [0.5, 0.6) is 0 Å². The molecule has 148 valence electrons. The average molecular weight is 492 g/mol. The van der Waals surface area contributed by atoms with Crippen molar-refractivity contribution in [3.8, 4) is 6.07 Å². The SMILES string of the molecule is CSc1nnc(N2C(N)=C(C#N)C(c3ccc(Br)cc3F)C3=C2CCCC3=O)s1. The third-order valence-electron chi connectivity index (χ3n) is 4.95. The number of ketones is 1. The summed E-state index contributed by atoms with van der Waals surface area (Å²) in [5.74, 6) is -1.26. The van der Waals surface area contributed by atoms with Crippen LogP contribution in [0.2, 0.25) is 0 Å². The van der Waals surface area contributed by atoms with Crippen LogP contribution in [-0.2, 0) is 4.79 Å². The molecule has 2 heterocycles. The van der Waals surface area contributed by atoms with Crippen molar-refractivity contribution >= 4 is 49.9 Å². The van der Waals surface area contributed by atoms with E-state index in [0.717, 1.165) is 4.34 Å². The summed E-state index contributed by atoms with van der Waals surface area (Å²) in [5, 5.41) is 18.7. The molecule has 1 atom stereocenters. The Morgan fingerprint density at radius 3 is 2.86 bits per heavy atom. The second kappa shape index (κ2) is 7.89. The molecule has 0 bridgehead atoms. The highest BCUT2D eigenvalue weighted by molar-refractivity contribution is 9.10. The smallest absolute Gasteiger partial charge is 0.219 e. The Balaban J connectivity index is 1.96. The van der Waals surface area contributed by atoms with Gasteiger partial charge in [0.25, 0.3) is 0 Å². The number of anilines is 1. The summed E-state index contributed by atoms with van der Waals surface area (Å²) >= 11 is 6.03. The average Bonchev–Trinajstić information content (AvgIpc) is 3.16. The van der Waals surface area contributed by atoms with Crippen molar-refractivity contribution < 1.29 is 9.18 Å². The van der Waals surface area contributed by atoms with Gasteiger partial charge in [-0.25, -0.2) is 4.39 Å². The lowest BCUT2D eigenvalue weighted by Crippen LogP contribution is -2.38. The molecule has 2 N–H and O–H groups in total. The number of thioether (sulfide) groups is 1. The quantitative estimate of drug-likeness (QED) is 0.632. The first-order valence-electron chi connectivity index (χ1n) is 8.74. The van der Waals surface area contributed by atoms with Crippen LogP contribution in [0.25, 0.3) is 0 Å². The van der Waals surface area contributed by atoms with Crippen LogP contribution in [-0.4, -0.2) is 22.2 Å². The zero-order valence-corrected chi connectivity index (χ0v) is 18.5. The van der Waals surface area contributed by atoms with Gasteiger partial charge in [0.15, 0.2) is 10.1 Å². The number of nitrogens with zero attached hydrogens (tertiary/aromatic N) is 4. The highest BCUT2D eigenvalue weighted by Gasteiger charge is 2.42. The fourth-order valence-corrected chi connectivity index (χ4v) is 5.36. The molecule has 0 spiro atoms. The summed E-state index contributed by atoms with van der Waals surface area (Å²) in [5.41, 5.74) is 7.91. The molecule has 0 amide bonds. The summed E-state index contributed by atoms with van der Waals surface area (Å²) in [6.07, 6.45) is 3.49. The number of carbonyl (C=O) groups excluding carboxylic acids is 1. The van der Waals surface area contributed by atoms with Crippen molar-refractivity contribution in [1.29, 1.82) is 5.26 Å². The first-order chi connectivity index (χ1) is 14.0. The predicted molar refractivity (Wildman–Crippen MR) is 114 cm³/mol. The number of aromatic nitrogens is 2. The summed E-state index contributed by atoms with van der Waals surface area (Å²) in [6, 6.07) is 6.73. The van der Waals surface area contributed by atoms with Crippen LogP contribution in [0.3, 0.4) is 0 Å². The number of Topliss-reactive ketones (excluding diaryl/α,β-unsaturated/α-hetero) is 1. The van der Waals surface area contributed by atoms with Crippen LogP contribution in [0, 0.1) is 17.1 Å². The van der Waals surface area contributed by atoms with Crippen molar-refractivity contribution in [2.75, 3.05) is 11.2 Å². The van der Waals surface area contributed by atoms with Crippen molar-refractivity contribution in [2.24, 2.45) is 5.73 Å². The van der Waals surface area contributed by atoms with Gasteiger partial charge in [-0.15, -0.1) is 10.2 Å². The van der Waals surface area contributed by atoms with Gasteiger partial charge in [0.1, 0.15) is 11.6 Å². The second-order valence-electron chi connectivity index (χ2n) is 6.54. The van der Waals surface area contributed by atoms with E-state index in [4.69, 9.17) is 5.73 Å². The van der Waals surface area contributed by atoms with Gasteiger partial charge in [0.2, 0.25) is 5.13 Å². The minimum atomic E-state index is -0.833. The first-order valence-corrected chi connectivity index (χ1v) is 11.6. The molecule has 2 aromatic rings. The van der Waals surface area contributed by atoms with Gasteiger partial charge in [0, 0.05) is 27.7 Å². The number of nitriles is 1. The fraction of sp³-hybridized carbons (Fsp3) is 0.263. The van der Waals surface area contributed by atoms with E-state index in [2.05, 4.69) is 32.2 Å². The molecule has 1 unspecified atom stereocenters. The third kappa shape index (κ3) is 3.37. The van der Waals surface area contributed by atoms with E-state index in [-0.39, 0.29) is 22.7 Å². The minimum Gasteiger partial charge on any atom is -0.384 e. The number of benzene rings is 1. The number of hydrogen-bond acceptors (Lipinski definition) is 8. The molecular weight excluding hydrogens is 477 g/mol. The summed E-state index contributed by atoms with van der Waals surface area (Å²) < 4.78 is 16.2. The van der Waals surface area contributed by atoms with E-state index in [0.29, 0.717) is 40.1 Å². The molecule has 0 radical (unpaired) electrons. The number of rotatable bonds is 3. The Morgan fingerprint density at radius 1 is 1.41 bits per heavy atom. The van der Waals surface area contributed by atoms with Crippen LogP contribution in [0.1, 0.15) is 30.7 Å². The molecule has 0 saturated carbocycles. The maximum atomic E-state index is 14.9. The van der Waals surface area contributed by atoms with Crippen LogP contribution in [0.4, 0.5) is 9.52 Å². The van der Waals surface area contributed by atoms with E-state index >= 15 is 0 Å². The number of hydrogen-bond donors (Lipinski definition) is 1. The molecule has 0 fully saturated rings. The molecule has 1 aromatic carbocycles. The molecule has 10 heteroatoms. The lowest BCUT2D eigenvalue weighted by atomic mass is 9.75. The maximum Gasteiger partial charge on any atom is 0.219 e. The second-order valence-corrected chi connectivity index (χ2v) is 9.46. The monoisotopic (exact) mass is 491 g/mol. The molecule has 0 saturated heterocycles. The molecule has 1 aliphatic heterocycles. The molecule has 2 aliphatic rings. The zero-order valence-electron chi connectivity index (χ0n) is 15.3. The van der Waals surface area contributed by atoms with Crippen molar-refractivity contribution in [3.63, 3.8) is 0 Å². The Morgan fingerprint density at radius 2 is 2.21 bits per heavy atom. The molecule has 4 rings (SSSR count). The number of allylic oxidation sites excluding steroid dienone is 3. The topological polar surface area (TPSA) is 95.9 Å². The standard InChI is InChI=1S/C19H15BrFN5OS2/c1-28-19-25-24-18(29-19)26-13-3-2-4-14(27)16(13)15(11(8-22)17(26)23)10-6-5-9(20)7-12(10)21/h5-7,15H,2-4,23H2,1H3. The Bertz CT molecular complexity index is 1120. The number of halogens is 2. The highest BCUT2D eigenvalue weighted by Crippen LogP contribution is 2.47. The number of nitrogens with two attached hydrogens (primary N) is 1. The van der Waals surface area contributed by atoms with Gasteiger partial charge in [0.05, 0.1) is 17.6 Å². The van der Waals surface area contributed by atoms with Gasteiger partial charge in [-0.1, -0.05) is 45.1 Å². The van der Waals surface area contributed by atoms with E-state index < -0.39 is 11.7 Å². The third-order valence-corrected chi connectivity index (χ3v) is 7.33. The van der Waals surface area contributed by atoms with Gasteiger partial charge in [-0.05, 0) is 31.2 Å². The zero-order chi connectivity index (χ0) is 20.7. The lowest BCUT2D eigenvalue weighted by Gasteiger charge is -2.38. The first kappa shape index (κ1) is 20.1. The van der Waals surface area contributed by atoms with Gasteiger partial charge >= 0.3 is 0 Å². The van der Waals surface area contributed by atoms with Crippen LogP contribution >= 0.6 is 39.0 Å². The normalized spacial score (nSPS) is 19.4. The Hall–Kier alpha value is -2.22. The maximum absolute atomic E-state index is 14.9. The van der Waals surface area contributed by atoms with Gasteiger partial charge in [-0.3, -0.25) is 9.69 Å². The van der Waals surface area contributed by atoms with E-state index in [9.17, 15) is 14.4 Å². The van der Waals surface area contributed by atoms with E-state index in [1.807, 2.05) is 6.26 Å². The molecule has 29 heavy (non-hydrogen) atoms. The van der Waals surface area contributed by atoms with Gasteiger partial charge < -0.3 is 5.73 Å². The van der Waals surface area contributed by atoms with Crippen LogP contribution in [0.15, 0.2) is 49.7 Å².